The van der Waals surface area contributed by atoms with Gasteiger partial charge in [-0.05, 0) is 39.2 Å². The summed E-state index contributed by atoms with van der Waals surface area (Å²) in [5.41, 5.74) is -0.389. The first-order chi connectivity index (χ1) is 6.93. The fourth-order valence-corrected chi connectivity index (χ4v) is 2.67. The molecule has 2 nitrogen and oxygen atoms in total. The van der Waals surface area contributed by atoms with Gasteiger partial charge in [0.2, 0.25) is 0 Å². The van der Waals surface area contributed by atoms with Gasteiger partial charge < -0.3 is 10.0 Å². The predicted octanol–water partition coefficient (Wildman–Crippen LogP) is 2.66. The van der Waals surface area contributed by atoms with Crippen LogP contribution in [0.5, 0.6) is 0 Å². The van der Waals surface area contributed by atoms with Crippen molar-refractivity contribution in [2.75, 3.05) is 13.6 Å². The maximum Gasteiger partial charge on any atom is 0.0774 e. The van der Waals surface area contributed by atoms with E-state index in [4.69, 9.17) is 0 Å². The van der Waals surface area contributed by atoms with Crippen molar-refractivity contribution >= 4 is 0 Å². The van der Waals surface area contributed by atoms with Gasteiger partial charge in [0.1, 0.15) is 0 Å². The van der Waals surface area contributed by atoms with E-state index < -0.39 is 0 Å². The Bertz CT molecular complexity index is 185. The highest BCUT2D eigenvalue weighted by Crippen LogP contribution is 2.30. The van der Waals surface area contributed by atoms with Gasteiger partial charge in [-0.25, -0.2) is 0 Å². The smallest absolute Gasteiger partial charge is 0.0774 e. The minimum Gasteiger partial charge on any atom is -0.389 e. The molecule has 1 aliphatic carbocycles. The first kappa shape index (κ1) is 13.0. The second-order valence-electron chi connectivity index (χ2n) is 5.83. The molecule has 1 atom stereocenters. The molecule has 0 aromatic heterocycles. The molecule has 0 aromatic rings. The fraction of sp³-hybridized carbons (Fsp3) is 1.00. The van der Waals surface area contributed by atoms with Gasteiger partial charge in [0.25, 0.3) is 0 Å². The SMILES string of the molecule is CC(C)CC(C)N(C)CC1(O)CCCC1. The molecule has 0 radical (unpaired) electrons. The molecule has 15 heavy (non-hydrogen) atoms. The molecule has 0 saturated heterocycles. The lowest BCUT2D eigenvalue weighted by Gasteiger charge is -2.33. The van der Waals surface area contributed by atoms with Gasteiger partial charge in [0, 0.05) is 12.6 Å². The average Bonchev–Trinajstić information content (AvgIpc) is 2.50. The van der Waals surface area contributed by atoms with Crippen LogP contribution in [0, 0.1) is 5.92 Å². The van der Waals surface area contributed by atoms with E-state index in [1.54, 1.807) is 0 Å². The molecule has 0 aliphatic heterocycles. The van der Waals surface area contributed by atoms with Crippen molar-refractivity contribution in [1.82, 2.24) is 4.90 Å². The third-order valence-corrected chi connectivity index (χ3v) is 3.64. The van der Waals surface area contributed by atoms with Crippen molar-refractivity contribution in [3.63, 3.8) is 0 Å². The third-order valence-electron chi connectivity index (χ3n) is 3.64. The van der Waals surface area contributed by atoms with Gasteiger partial charge in [-0.1, -0.05) is 26.7 Å². The van der Waals surface area contributed by atoms with Crippen molar-refractivity contribution in [1.29, 1.82) is 0 Å². The fourth-order valence-electron chi connectivity index (χ4n) is 2.67. The Morgan fingerprint density at radius 2 is 1.73 bits per heavy atom. The zero-order valence-corrected chi connectivity index (χ0v) is 10.8. The van der Waals surface area contributed by atoms with Crippen LogP contribution in [0.1, 0.15) is 52.9 Å². The molecule has 0 bridgehead atoms. The van der Waals surface area contributed by atoms with E-state index in [0.717, 1.165) is 25.3 Å². The first-order valence-corrected chi connectivity index (χ1v) is 6.35. The van der Waals surface area contributed by atoms with Crippen molar-refractivity contribution in [3.05, 3.63) is 0 Å². The van der Waals surface area contributed by atoms with Gasteiger partial charge in [-0.15, -0.1) is 0 Å². The number of aliphatic hydroxyl groups is 1. The standard InChI is InChI=1S/C13H27NO/c1-11(2)9-12(3)14(4)10-13(15)7-5-6-8-13/h11-12,15H,5-10H2,1-4H3. The lowest BCUT2D eigenvalue weighted by molar-refractivity contribution is 0.00507. The van der Waals surface area contributed by atoms with Crippen molar-refractivity contribution in [2.45, 2.75) is 64.5 Å². The molecule has 0 aromatic carbocycles. The van der Waals surface area contributed by atoms with Crippen LogP contribution in [0.4, 0.5) is 0 Å². The lowest BCUT2D eigenvalue weighted by Crippen LogP contribution is -2.43. The normalized spacial score (nSPS) is 22.6. The maximum atomic E-state index is 10.3. The summed E-state index contributed by atoms with van der Waals surface area (Å²) in [7, 11) is 2.14. The van der Waals surface area contributed by atoms with Crippen molar-refractivity contribution in [2.24, 2.45) is 5.92 Å². The summed E-state index contributed by atoms with van der Waals surface area (Å²) in [5.74, 6) is 0.737. The van der Waals surface area contributed by atoms with E-state index in [1.807, 2.05) is 0 Å². The highest BCUT2D eigenvalue weighted by molar-refractivity contribution is 4.87. The number of rotatable bonds is 5. The molecular weight excluding hydrogens is 186 g/mol. The third kappa shape index (κ3) is 4.12. The molecule has 1 unspecified atom stereocenters. The van der Waals surface area contributed by atoms with Crippen LogP contribution in [0.25, 0.3) is 0 Å². The Labute approximate surface area is 94.7 Å². The van der Waals surface area contributed by atoms with Crippen LogP contribution in [-0.2, 0) is 0 Å². The molecule has 1 fully saturated rings. The van der Waals surface area contributed by atoms with Crippen LogP contribution < -0.4 is 0 Å². The molecule has 0 spiro atoms. The van der Waals surface area contributed by atoms with Crippen LogP contribution in [0.2, 0.25) is 0 Å². The van der Waals surface area contributed by atoms with E-state index in [-0.39, 0.29) is 5.60 Å². The first-order valence-electron chi connectivity index (χ1n) is 6.35. The molecule has 1 aliphatic rings. The summed E-state index contributed by atoms with van der Waals surface area (Å²) in [6.07, 6.45) is 5.59. The predicted molar refractivity (Wildman–Crippen MR) is 65.0 cm³/mol. The van der Waals surface area contributed by atoms with E-state index in [1.165, 1.54) is 19.3 Å². The molecule has 2 heteroatoms. The molecular formula is C13H27NO. The highest BCUT2D eigenvalue weighted by Gasteiger charge is 2.33. The molecule has 1 N–H and O–H groups in total. The van der Waals surface area contributed by atoms with Gasteiger partial charge in [0.15, 0.2) is 0 Å². The van der Waals surface area contributed by atoms with Crippen LogP contribution in [0.3, 0.4) is 0 Å². The number of hydrogen-bond acceptors (Lipinski definition) is 2. The molecule has 90 valence electrons. The van der Waals surface area contributed by atoms with Gasteiger partial charge in [0.05, 0.1) is 5.60 Å². The van der Waals surface area contributed by atoms with E-state index >= 15 is 0 Å². The number of hydrogen-bond donors (Lipinski definition) is 1. The van der Waals surface area contributed by atoms with Gasteiger partial charge in [-0.2, -0.15) is 0 Å². The van der Waals surface area contributed by atoms with E-state index in [2.05, 4.69) is 32.7 Å². The summed E-state index contributed by atoms with van der Waals surface area (Å²) in [5, 5.41) is 10.3. The van der Waals surface area contributed by atoms with Crippen molar-refractivity contribution in [3.8, 4) is 0 Å². The monoisotopic (exact) mass is 213 g/mol. The second-order valence-corrected chi connectivity index (χ2v) is 5.83. The van der Waals surface area contributed by atoms with E-state index in [0.29, 0.717) is 6.04 Å². The summed E-state index contributed by atoms with van der Waals surface area (Å²) in [4.78, 5) is 2.32. The Balaban J connectivity index is 2.36. The van der Waals surface area contributed by atoms with E-state index in [9.17, 15) is 5.11 Å². The van der Waals surface area contributed by atoms with Crippen LogP contribution >= 0.6 is 0 Å². The Morgan fingerprint density at radius 3 is 2.20 bits per heavy atom. The zero-order valence-electron chi connectivity index (χ0n) is 10.8. The molecule has 1 saturated carbocycles. The van der Waals surface area contributed by atoms with Crippen LogP contribution in [0.15, 0.2) is 0 Å². The van der Waals surface area contributed by atoms with Crippen molar-refractivity contribution < 1.29 is 5.11 Å². The molecule has 0 amide bonds. The minimum atomic E-state index is -0.389. The Morgan fingerprint density at radius 1 is 1.20 bits per heavy atom. The van der Waals surface area contributed by atoms with Gasteiger partial charge >= 0.3 is 0 Å². The maximum absolute atomic E-state index is 10.3. The highest BCUT2D eigenvalue weighted by atomic mass is 16.3. The number of likely N-dealkylation sites (N-methyl/N-ethyl adjacent to an activating group) is 1. The topological polar surface area (TPSA) is 23.5 Å². The lowest BCUT2D eigenvalue weighted by atomic mass is 9.99. The van der Waals surface area contributed by atoms with Gasteiger partial charge in [-0.3, -0.25) is 0 Å². The quantitative estimate of drug-likeness (QED) is 0.759. The second kappa shape index (κ2) is 5.31. The summed E-state index contributed by atoms with van der Waals surface area (Å²) >= 11 is 0. The summed E-state index contributed by atoms with van der Waals surface area (Å²) < 4.78 is 0. The molecule has 0 heterocycles. The summed E-state index contributed by atoms with van der Waals surface area (Å²) in [6, 6.07) is 0.578. The molecule has 1 rings (SSSR count). The zero-order chi connectivity index (χ0) is 11.5. The Kier molecular flexibility index (Phi) is 4.60. The summed E-state index contributed by atoms with van der Waals surface area (Å²) in [6.45, 7) is 7.63. The average molecular weight is 213 g/mol. The Hall–Kier alpha value is -0.0800. The number of nitrogens with zero attached hydrogens (tertiary/aromatic N) is 1. The minimum absolute atomic E-state index is 0.389. The van der Waals surface area contributed by atoms with Crippen LogP contribution in [-0.4, -0.2) is 35.2 Å². The largest absolute Gasteiger partial charge is 0.389 e.